The minimum atomic E-state index is -0.690. The minimum absolute atomic E-state index is 0.0705. The van der Waals surface area contributed by atoms with Crippen LogP contribution in [0.25, 0.3) is 66.1 Å². The van der Waals surface area contributed by atoms with Crippen LogP contribution in [-0.2, 0) is 0 Å². The first kappa shape index (κ1) is 10.4. The molecule has 0 saturated heterocycles. The van der Waals surface area contributed by atoms with Crippen LogP contribution in [0, 0.1) is 0 Å². The number of hydrogen-bond acceptors (Lipinski definition) is 0. The number of benzene rings is 6. The lowest BCUT2D eigenvalue weighted by Gasteiger charge is -2.11. The van der Waals surface area contributed by atoms with Gasteiger partial charge in [-0.2, -0.15) is 0 Å². The fraction of sp³-hybridized carbons (Fsp3) is 0. The molecule has 0 unspecified atom stereocenters. The molecular formula is C36H24N2. The van der Waals surface area contributed by atoms with E-state index in [-0.39, 0.29) is 33.2 Å². The molecule has 8 rings (SSSR count). The highest BCUT2D eigenvalue weighted by Crippen LogP contribution is 2.37. The predicted octanol–water partition coefficient (Wildman–Crippen LogP) is 9.55. The van der Waals surface area contributed by atoms with Crippen molar-refractivity contribution < 1.29 is 23.3 Å². The van der Waals surface area contributed by atoms with Crippen LogP contribution in [0.2, 0.25) is 0 Å². The van der Waals surface area contributed by atoms with Gasteiger partial charge in [-0.3, -0.25) is 0 Å². The summed E-state index contributed by atoms with van der Waals surface area (Å²) in [4.78, 5) is 0. The standard InChI is InChI=1S/C36H24N2/c1-2-10-25(11-3-1)26-18-20-27(21-19-26)37-35-17-9-6-14-31(35)32-24-28(22-23-36(32)37)38-33-15-7-4-12-29(33)30-13-5-8-16-34(30)38/h1-24H/i1D,2D,3D,4D,5D,7D,8D,10D,11D,12D,13D,15D,16D,18D,19D,20D,21D. The van der Waals surface area contributed by atoms with Gasteiger partial charge in [0.25, 0.3) is 0 Å². The van der Waals surface area contributed by atoms with Crippen LogP contribution in [0.4, 0.5) is 0 Å². The lowest BCUT2D eigenvalue weighted by molar-refractivity contribution is 1.17. The fourth-order valence-corrected chi connectivity index (χ4v) is 4.94. The Morgan fingerprint density at radius 2 is 0.974 bits per heavy atom. The van der Waals surface area contributed by atoms with Gasteiger partial charge in [0.15, 0.2) is 0 Å². The molecule has 0 radical (unpaired) electrons. The van der Waals surface area contributed by atoms with Crippen LogP contribution in [-0.4, -0.2) is 9.13 Å². The second kappa shape index (κ2) is 8.22. The summed E-state index contributed by atoms with van der Waals surface area (Å²) in [5.41, 5.74) is -0.171. The average Bonchev–Trinajstić information content (AvgIpc) is 3.70. The van der Waals surface area contributed by atoms with Crippen LogP contribution >= 0.6 is 0 Å². The molecule has 2 nitrogen and oxygen atoms in total. The van der Waals surface area contributed by atoms with Crippen molar-refractivity contribution in [2.45, 2.75) is 0 Å². The van der Waals surface area contributed by atoms with Crippen LogP contribution in [0.15, 0.2) is 145 Å². The summed E-state index contributed by atoms with van der Waals surface area (Å²) in [5, 5.41) is 0.878. The lowest BCUT2D eigenvalue weighted by atomic mass is 10.1. The molecule has 2 heterocycles. The van der Waals surface area contributed by atoms with Crippen molar-refractivity contribution in [3.8, 4) is 22.5 Å². The van der Waals surface area contributed by atoms with Gasteiger partial charge in [0.05, 0.1) is 45.4 Å². The van der Waals surface area contributed by atoms with Gasteiger partial charge in [0, 0.05) is 32.9 Å². The molecule has 0 N–H and O–H groups in total. The van der Waals surface area contributed by atoms with Gasteiger partial charge in [-0.1, -0.05) is 96.8 Å². The van der Waals surface area contributed by atoms with Crippen LogP contribution in [0.1, 0.15) is 23.3 Å². The highest BCUT2D eigenvalue weighted by atomic mass is 15.0. The summed E-state index contributed by atoms with van der Waals surface area (Å²) in [6.45, 7) is 0. The van der Waals surface area contributed by atoms with E-state index in [1.165, 1.54) is 9.13 Å². The van der Waals surface area contributed by atoms with Crippen LogP contribution in [0.3, 0.4) is 0 Å². The molecular weight excluding hydrogens is 460 g/mol. The van der Waals surface area contributed by atoms with Gasteiger partial charge in [0.2, 0.25) is 0 Å². The predicted molar refractivity (Wildman–Crippen MR) is 161 cm³/mol. The Balaban J connectivity index is 1.47. The molecule has 2 aromatic heterocycles. The molecule has 0 spiro atoms. The van der Waals surface area contributed by atoms with Crippen molar-refractivity contribution in [2.75, 3.05) is 0 Å². The number of hydrogen-bond donors (Lipinski definition) is 0. The SMILES string of the molecule is [2H]c1c([2H])c([2H])c(-c2c([2H])c([2H])c(-n3c4ccccc4c4cc(-n5c6c([2H])c([2H])c([2H])c([2H])c6c6c([2H])c([2H])c([2H])c([2H])c65)ccc43)c([2H])c2[2H])c([2H])c1[2H]. The second-order valence-electron chi connectivity index (χ2n) is 8.56. The number of aromatic nitrogens is 2. The number of fused-ring (bicyclic) bond motifs is 6. The van der Waals surface area contributed by atoms with E-state index in [2.05, 4.69) is 0 Å². The van der Waals surface area contributed by atoms with Gasteiger partial charge in [0.1, 0.15) is 0 Å². The Bertz CT molecular complexity index is 2940. The summed E-state index contributed by atoms with van der Waals surface area (Å²) in [6, 6.07) is 1.76. The smallest absolute Gasteiger partial charge is 0.0645 e. The van der Waals surface area contributed by atoms with Crippen molar-refractivity contribution in [2.24, 2.45) is 0 Å². The molecule has 2 heteroatoms. The first-order valence-electron chi connectivity index (χ1n) is 20.2. The molecule has 0 aliphatic heterocycles. The summed E-state index contributed by atoms with van der Waals surface area (Å²) in [7, 11) is 0. The number of para-hydroxylation sites is 3. The minimum Gasteiger partial charge on any atom is -0.309 e. The third-order valence-corrected chi connectivity index (χ3v) is 6.53. The van der Waals surface area contributed by atoms with E-state index < -0.39 is 114 Å². The van der Waals surface area contributed by atoms with Crippen LogP contribution in [0.5, 0.6) is 0 Å². The van der Waals surface area contributed by atoms with E-state index in [0.29, 0.717) is 21.8 Å². The maximum Gasteiger partial charge on any atom is 0.0645 e. The molecule has 0 aliphatic rings. The van der Waals surface area contributed by atoms with Crippen molar-refractivity contribution in [1.82, 2.24) is 9.13 Å². The third-order valence-electron chi connectivity index (χ3n) is 6.53. The number of rotatable bonds is 3. The lowest BCUT2D eigenvalue weighted by Crippen LogP contribution is -1.95. The first-order chi connectivity index (χ1) is 25.9. The summed E-state index contributed by atoms with van der Waals surface area (Å²) in [6.07, 6.45) is 0. The van der Waals surface area contributed by atoms with E-state index in [0.717, 1.165) is 0 Å². The summed E-state index contributed by atoms with van der Waals surface area (Å²) >= 11 is 0. The number of nitrogens with zero attached hydrogens (tertiary/aromatic N) is 2. The average molecular weight is 502 g/mol. The topological polar surface area (TPSA) is 9.86 Å². The Morgan fingerprint density at radius 1 is 0.395 bits per heavy atom. The Labute approximate surface area is 244 Å². The zero-order valence-corrected chi connectivity index (χ0v) is 19.4. The normalized spacial score (nSPS) is 17.9. The maximum absolute atomic E-state index is 9.13. The monoisotopic (exact) mass is 501 g/mol. The zero-order chi connectivity index (χ0) is 39.8. The van der Waals surface area contributed by atoms with E-state index in [4.69, 9.17) is 23.3 Å². The molecule has 0 amide bonds. The Hall–Kier alpha value is -5.08. The molecule has 0 fully saturated rings. The van der Waals surface area contributed by atoms with E-state index in [1.807, 2.05) is 0 Å². The molecule has 0 bridgehead atoms. The van der Waals surface area contributed by atoms with Gasteiger partial charge in [-0.25, -0.2) is 0 Å². The quantitative estimate of drug-likeness (QED) is 0.228. The first-order valence-corrected chi connectivity index (χ1v) is 11.7. The second-order valence-corrected chi connectivity index (χ2v) is 8.56. The molecule has 0 atom stereocenters. The Morgan fingerprint density at radius 3 is 1.71 bits per heavy atom. The molecule has 178 valence electrons. The van der Waals surface area contributed by atoms with Crippen LogP contribution < -0.4 is 0 Å². The summed E-state index contributed by atoms with van der Waals surface area (Å²) < 4.78 is 149. The molecule has 8 aromatic rings. The maximum atomic E-state index is 9.13. The summed E-state index contributed by atoms with van der Waals surface area (Å²) in [5.74, 6) is 0. The van der Waals surface area contributed by atoms with E-state index in [1.54, 1.807) is 42.5 Å². The van der Waals surface area contributed by atoms with Crippen molar-refractivity contribution >= 4 is 43.6 Å². The van der Waals surface area contributed by atoms with Gasteiger partial charge < -0.3 is 9.13 Å². The van der Waals surface area contributed by atoms with Gasteiger partial charge >= 0.3 is 0 Å². The molecule has 6 aromatic carbocycles. The molecule has 38 heavy (non-hydrogen) atoms. The molecule has 0 aliphatic carbocycles. The highest BCUT2D eigenvalue weighted by molar-refractivity contribution is 6.12. The van der Waals surface area contributed by atoms with Crippen molar-refractivity contribution in [1.29, 1.82) is 0 Å². The van der Waals surface area contributed by atoms with Gasteiger partial charge in [-0.05, 0) is 59.6 Å². The highest BCUT2D eigenvalue weighted by Gasteiger charge is 2.16. The van der Waals surface area contributed by atoms with E-state index >= 15 is 0 Å². The fourth-order valence-electron chi connectivity index (χ4n) is 4.94. The molecule has 0 saturated carbocycles. The van der Waals surface area contributed by atoms with Crippen molar-refractivity contribution in [3.63, 3.8) is 0 Å². The third kappa shape index (κ3) is 3.07. The zero-order valence-electron chi connectivity index (χ0n) is 36.4. The Kier molecular flexibility index (Phi) is 2.24. The van der Waals surface area contributed by atoms with Gasteiger partial charge in [-0.15, -0.1) is 0 Å². The van der Waals surface area contributed by atoms with Crippen molar-refractivity contribution in [3.05, 3.63) is 145 Å². The largest absolute Gasteiger partial charge is 0.309 e. The van der Waals surface area contributed by atoms with E-state index in [9.17, 15) is 0 Å².